The number of nitrogens with one attached hydrogen (secondary N) is 1. The van der Waals surface area contributed by atoms with Crippen LogP contribution < -0.4 is 5.32 Å². The van der Waals surface area contributed by atoms with Gasteiger partial charge in [-0.05, 0) is 0 Å². The maximum Gasteiger partial charge on any atom is 0.328 e. The van der Waals surface area contributed by atoms with Gasteiger partial charge < -0.3 is 20.1 Å². The molecule has 0 saturated carbocycles. The van der Waals surface area contributed by atoms with Crippen LogP contribution in [0.4, 0.5) is 4.79 Å². The molecule has 0 radical (unpaired) electrons. The van der Waals surface area contributed by atoms with Crippen molar-refractivity contribution in [2.45, 2.75) is 6.04 Å². The first-order valence-corrected chi connectivity index (χ1v) is 7.99. The van der Waals surface area contributed by atoms with Crippen LogP contribution in [-0.2, 0) is 9.53 Å². The number of rotatable bonds is 4. The Bertz CT molecular complexity index is 350. The summed E-state index contributed by atoms with van der Waals surface area (Å²) in [6.07, 6.45) is 0. The van der Waals surface area contributed by atoms with Gasteiger partial charge >= 0.3 is 12.0 Å². The van der Waals surface area contributed by atoms with E-state index in [-0.39, 0.29) is 12.6 Å². The van der Waals surface area contributed by atoms with E-state index in [1.54, 1.807) is 0 Å². The van der Waals surface area contributed by atoms with Crippen LogP contribution in [0.15, 0.2) is 0 Å². The Morgan fingerprint density at radius 1 is 1.30 bits per heavy atom. The summed E-state index contributed by atoms with van der Waals surface area (Å²) in [5.41, 5.74) is 0. The number of aliphatic carboxylic acids is 1. The van der Waals surface area contributed by atoms with Crippen LogP contribution in [-0.4, -0.2) is 90.4 Å². The molecule has 1 atom stereocenters. The highest BCUT2D eigenvalue weighted by Gasteiger charge is 2.32. The second-order valence-electron chi connectivity index (χ2n) is 4.81. The number of carbonyl (C=O) groups excluding carboxylic acids is 1. The number of hydrogen-bond acceptors (Lipinski definition) is 5. The van der Waals surface area contributed by atoms with E-state index in [2.05, 4.69) is 10.2 Å². The van der Waals surface area contributed by atoms with E-state index >= 15 is 0 Å². The number of amides is 2. The second-order valence-corrected chi connectivity index (χ2v) is 6.03. The highest BCUT2D eigenvalue weighted by atomic mass is 32.2. The van der Waals surface area contributed by atoms with E-state index in [1.165, 1.54) is 4.90 Å². The minimum atomic E-state index is -1.02. The Labute approximate surface area is 122 Å². The molecular formula is C12H21N3O4S. The summed E-state index contributed by atoms with van der Waals surface area (Å²) in [6, 6.07) is -1.19. The van der Waals surface area contributed by atoms with Crippen molar-refractivity contribution in [3.63, 3.8) is 0 Å². The summed E-state index contributed by atoms with van der Waals surface area (Å²) in [6.45, 7) is 4.24. The quantitative estimate of drug-likeness (QED) is 0.731. The zero-order chi connectivity index (χ0) is 14.4. The van der Waals surface area contributed by atoms with Gasteiger partial charge in [0.2, 0.25) is 0 Å². The molecule has 2 amide bonds. The maximum atomic E-state index is 12.0. The fraction of sp³-hybridized carbons (Fsp3) is 0.833. The van der Waals surface area contributed by atoms with Crippen molar-refractivity contribution in [2.24, 2.45) is 0 Å². The van der Waals surface area contributed by atoms with Gasteiger partial charge in [0.15, 0.2) is 6.04 Å². The summed E-state index contributed by atoms with van der Waals surface area (Å²) in [7, 11) is 0. The third kappa shape index (κ3) is 4.26. The summed E-state index contributed by atoms with van der Waals surface area (Å²) in [5, 5.41) is 11.9. The van der Waals surface area contributed by atoms with Crippen molar-refractivity contribution in [1.82, 2.24) is 15.1 Å². The maximum absolute atomic E-state index is 12.0. The third-order valence-electron chi connectivity index (χ3n) is 3.48. The lowest BCUT2D eigenvalue weighted by Gasteiger charge is -2.33. The first-order valence-electron chi connectivity index (χ1n) is 6.83. The third-order valence-corrected chi connectivity index (χ3v) is 4.42. The van der Waals surface area contributed by atoms with Gasteiger partial charge in [-0.3, -0.25) is 4.90 Å². The molecular weight excluding hydrogens is 282 g/mol. The molecule has 2 fully saturated rings. The van der Waals surface area contributed by atoms with Crippen molar-refractivity contribution in [3.8, 4) is 0 Å². The van der Waals surface area contributed by atoms with Gasteiger partial charge in [0, 0.05) is 44.2 Å². The zero-order valence-electron chi connectivity index (χ0n) is 11.4. The van der Waals surface area contributed by atoms with Crippen molar-refractivity contribution >= 4 is 23.8 Å². The number of carboxylic acids is 1. The number of nitrogens with zero attached hydrogens (tertiary/aromatic N) is 2. The van der Waals surface area contributed by atoms with E-state index in [9.17, 15) is 9.59 Å². The van der Waals surface area contributed by atoms with Crippen LogP contribution in [0.2, 0.25) is 0 Å². The average Bonchev–Trinajstić information content (AvgIpc) is 2.48. The fourth-order valence-corrected chi connectivity index (χ4v) is 3.28. The Morgan fingerprint density at radius 3 is 2.75 bits per heavy atom. The molecule has 7 nitrogen and oxygen atoms in total. The predicted octanol–water partition coefficient (Wildman–Crippen LogP) is -0.470. The van der Waals surface area contributed by atoms with Crippen LogP contribution in [0.3, 0.4) is 0 Å². The number of ether oxygens (including phenoxy) is 1. The summed E-state index contributed by atoms with van der Waals surface area (Å²) < 4.78 is 5.11. The fourth-order valence-electron chi connectivity index (χ4n) is 2.30. The highest BCUT2D eigenvalue weighted by molar-refractivity contribution is 7.99. The highest BCUT2D eigenvalue weighted by Crippen LogP contribution is 2.09. The molecule has 2 heterocycles. The van der Waals surface area contributed by atoms with E-state index in [0.29, 0.717) is 19.7 Å². The van der Waals surface area contributed by atoms with E-state index in [0.717, 1.165) is 31.1 Å². The van der Waals surface area contributed by atoms with Gasteiger partial charge in [-0.2, -0.15) is 11.8 Å². The van der Waals surface area contributed by atoms with Crippen molar-refractivity contribution in [2.75, 3.05) is 57.4 Å². The standard InChI is InChI=1S/C12H21N3O4S/c16-11(17)10-9-19-6-3-15(10)12(18)13-1-2-14-4-7-20-8-5-14/h10H,1-9H2,(H,13,18)(H,16,17). The average molecular weight is 303 g/mol. The molecule has 0 spiro atoms. The Morgan fingerprint density at radius 2 is 2.05 bits per heavy atom. The monoisotopic (exact) mass is 303 g/mol. The van der Waals surface area contributed by atoms with Crippen LogP contribution in [0.25, 0.3) is 0 Å². The van der Waals surface area contributed by atoms with Gasteiger partial charge in [0.05, 0.1) is 13.2 Å². The van der Waals surface area contributed by atoms with Crippen molar-refractivity contribution < 1.29 is 19.4 Å². The molecule has 0 bridgehead atoms. The van der Waals surface area contributed by atoms with Gasteiger partial charge in [-0.15, -0.1) is 0 Å². The van der Waals surface area contributed by atoms with Crippen LogP contribution in [0.5, 0.6) is 0 Å². The number of morpholine rings is 1. The second kappa shape index (κ2) is 7.70. The van der Waals surface area contributed by atoms with Gasteiger partial charge in [-0.1, -0.05) is 0 Å². The lowest BCUT2D eigenvalue weighted by atomic mass is 10.2. The van der Waals surface area contributed by atoms with Gasteiger partial charge in [0.25, 0.3) is 0 Å². The first kappa shape index (κ1) is 15.4. The molecule has 1 unspecified atom stereocenters. The van der Waals surface area contributed by atoms with E-state index in [4.69, 9.17) is 9.84 Å². The van der Waals surface area contributed by atoms with Gasteiger partial charge in [-0.25, -0.2) is 9.59 Å². The van der Waals surface area contributed by atoms with Crippen LogP contribution >= 0.6 is 11.8 Å². The molecule has 0 aromatic heterocycles. The number of hydrogen-bond donors (Lipinski definition) is 2. The van der Waals surface area contributed by atoms with Crippen molar-refractivity contribution in [3.05, 3.63) is 0 Å². The largest absolute Gasteiger partial charge is 0.480 e. The summed E-state index contributed by atoms with van der Waals surface area (Å²) >= 11 is 1.95. The Hall–Kier alpha value is -0.990. The molecule has 0 aromatic carbocycles. The van der Waals surface area contributed by atoms with Crippen LogP contribution in [0.1, 0.15) is 0 Å². The number of carbonyl (C=O) groups is 2. The molecule has 20 heavy (non-hydrogen) atoms. The van der Waals surface area contributed by atoms with E-state index < -0.39 is 12.0 Å². The lowest BCUT2D eigenvalue weighted by Crippen LogP contribution is -2.56. The van der Waals surface area contributed by atoms with Gasteiger partial charge in [0.1, 0.15) is 0 Å². The SMILES string of the molecule is O=C(O)C1COCCN1C(=O)NCCN1CCSCC1. The topological polar surface area (TPSA) is 82.1 Å². The first-order chi connectivity index (χ1) is 9.68. The van der Waals surface area contributed by atoms with Crippen molar-refractivity contribution in [1.29, 1.82) is 0 Å². The molecule has 0 aromatic rings. The Balaban J connectivity index is 1.73. The summed E-state index contributed by atoms with van der Waals surface area (Å²) in [5.74, 6) is 1.25. The number of thioether (sulfide) groups is 1. The molecule has 0 aliphatic carbocycles. The predicted molar refractivity (Wildman–Crippen MR) is 76.1 cm³/mol. The zero-order valence-corrected chi connectivity index (χ0v) is 12.2. The minimum Gasteiger partial charge on any atom is -0.480 e. The number of urea groups is 1. The normalized spacial score (nSPS) is 24.4. The van der Waals surface area contributed by atoms with Crippen LogP contribution in [0, 0.1) is 0 Å². The Kier molecular flexibility index (Phi) is 5.93. The molecule has 2 aliphatic rings. The molecule has 8 heteroatoms. The molecule has 114 valence electrons. The smallest absolute Gasteiger partial charge is 0.328 e. The summed E-state index contributed by atoms with van der Waals surface area (Å²) in [4.78, 5) is 26.8. The molecule has 2 N–H and O–H groups in total. The molecule has 2 aliphatic heterocycles. The lowest BCUT2D eigenvalue weighted by molar-refractivity contribution is -0.147. The minimum absolute atomic E-state index is 0.0616. The molecule has 2 rings (SSSR count). The molecule has 2 saturated heterocycles. The number of carboxylic acid groups (broad SMARTS) is 1. The van der Waals surface area contributed by atoms with E-state index in [1.807, 2.05) is 11.8 Å².